The van der Waals surface area contributed by atoms with Crippen LogP contribution in [0.1, 0.15) is 43.4 Å². The van der Waals surface area contributed by atoms with E-state index in [-0.39, 0.29) is 11.8 Å². The van der Waals surface area contributed by atoms with Crippen molar-refractivity contribution in [3.8, 4) is 0 Å². The average molecular weight is 280 g/mol. The van der Waals surface area contributed by atoms with Crippen molar-refractivity contribution in [1.82, 2.24) is 0 Å². The Labute approximate surface area is 118 Å². The molecule has 2 aliphatic rings. The summed E-state index contributed by atoms with van der Waals surface area (Å²) in [7, 11) is 0. The summed E-state index contributed by atoms with van der Waals surface area (Å²) in [5.74, 6) is 0.798. The van der Waals surface area contributed by atoms with Crippen LogP contribution in [0, 0.1) is 11.8 Å². The smallest absolute Gasteiger partial charge is 0.228 e. The number of benzene rings is 1. The molecule has 1 aromatic rings. The number of halogens is 1. The van der Waals surface area contributed by atoms with Gasteiger partial charge in [-0.25, -0.2) is 0 Å². The van der Waals surface area contributed by atoms with Crippen LogP contribution in [0.5, 0.6) is 0 Å². The Hall–Kier alpha value is -1.06. The summed E-state index contributed by atoms with van der Waals surface area (Å²) in [6.45, 7) is 2.19. The van der Waals surface area contributed by atoms with E-state index in [0.29, 0.717) is 17.4 Å². The van der Waals surface area contributed by atoms with E-state index in [1.165, 1.54) is 12.8 Å². The van der Waals surface area contributed by atoms with Crippen molar-refractivity contribution in [1.29, 1.82) is 0 Å². The van der Waals surface area contributed by atoms with E-state index in [9.17, 15) is 9.90 Å². The molecule has 3 atom stereocenters. The fourth-order valence-electron chi connectivity index (χ4n) is 3.37. The van der Waals surface area contributed by atoms with Gasteiger partial charge in [0, 0.05) is 10.7 Å². The van der Waals surface area contributed by atoms with Gasteiger partial charge in [-0.1, -0.05) is 31.4 Å². The molecule has 3 unspecified atom stereocenters. The van der Waals surface area contributed by atoms with Crippen LogP contribution in [0.3, 0.4) is 0 Å². The number of carbonyl (C=O) groups excluding carboxylic acids is 1. The molecule has 19 heavy (non-hydrogen) atoms. The number of rotatable bonds is 2. The first kappa shape index (κ1) is 12.9. The summed E-state index contributed by atoms with van der Waals surface area (Å²) in [5, 5.41) is 13.9. The fourth-order valence-corrected chi connectivity index (χ4v) is 3.64. The molecule has 4 heteroatoms. The largest absolute Gasteiger partial charge is 0.388 e. The lowest BCUT2D eigenvalue weighted by molar-refractivity contribution is -0.115. The summed E-state index contributed by atoms with van der Waals surface area (Å²) >= 11 is 6.27. The van der Waals surface area contributed by atoms with E-state index >= 15 is 0 Å². The molecule has 3 rings (SSSR count). The monoisotopic (exact) mass is 279 g/mol. The first-order chi connectivity index (χ1) is 9.06. The zero-order valence-corrected chi connectivity index (χ0v) is 11.7. The molecule has 0 radical (unpaired) electrons. The van der Waals surface area contributed by atoms with E-state index in [1.54, 1.807) is 6.07 Å². The highest BCUT2D eigenvalue weighted by atomic mass is 35.5. The Kier molecular flexibility index (Phi) is 3.27. The molecule has 1 fully saturated rings. The second-order valence-electron chi connectivity index (χ2n) is 5.77. The molecule has 1 amide bonds. The van der Waals surface area contributed by atoms with Gasteiger partial charge in [-0.15, -0.1) is 0 Å². The van der Waals surface area contributed by atoms with Crippen LogP contribution in [0.15, 0.2) is 12.1 Å². The number of anilines is 1. The third-order valence-electron chi connectivity index (χ3n) is 4.50. The number of nitrogens with one attached hydrogen (secondary N) is 1. The predicted octanol–water partition coefficient (Wildman–Crippen LogP) is 3.30. The molecule has 1 saturated carbocycles. The average Bonchev–Trinajstić information content (AvgIpc) is 2.92. The van der Waals surface area contributed by atoms with Gasteiger partial charge in [-0.05, 0) is 41.5 Å². The number of fused-ring (bicyclic) bond motifs is 1. The lowest BCUT2D eigenvalue weighted by Gasteiger charge is -2.24. The standard InChI is InChI=1S/C15H18ClNO2/c1-8-3-2-4-10(8)15(19)11-5-9-6-14(18)17-13(9)7-12(11)16/h5,7-8,10,15,19H,2-4,6H2,1H3,(H,17,18). The van der Waals surface area contributed by atoms with Gasteiger partial charge in [-0.3, -0.25) is 4.79 Å². The normalized spacial score (nSPS) is 27.2. The Bertz CT molecular complexity index is 529. The molecule has 1 aliphatic carbocycles. The van der Waals surface area contributed by atoms with Crippen molar-refractivity contribution in [3.63, 3.8) is 0 Å². The minimum Gasteiger partial charge on any atom is -0.388 e. The van der Waals surface area contributed by atoms with Crippen LogP contribution in [0.25, 0.3) is 0 Å². The first-order valence-corrected chi connectivity index (χ1v) is 7.24. The second kappa shape index (κ2) is 4.80. The van der Waals surface area contributed by atoms with Crippen molar-refractivity contribution >= 4 is 23.2 Å². The van der Waals surface area contributed by atoms with E-state index < -0.39 is 6.10 Å². The van der Waals surface area contributed by atoms with Crippen molar-refractivity contribution in [2.75, 3.05) is 5.32 Å². The molecule has 0 spiro atoms. The van der Waals surface area contributed by atoms with Crippen LogP contribution in [-0.2, 0) is 11.2 Å². The highest BCUT2D eigenvalue weighted by Crippen LogP contribution is 2.43. The molecule has 2 N–H and O–H groups in total. The number of hydrogen-bond acceptors (Lipinski definition) is 2. The van der Waals surface area contributed by atoms with Crippen LogP contribution in [0.4, 0.5) is 5.69 Å². The molecule has 0 aromatic heterocycles. The van der Waals surface area contributed by atoms with Gasteiger partial charge in [0.25, 0.3) is 0 Å². The number of hydrogen-bond donors (Lipinski definition) is 2. The first-order valence-electron chi connectivity index (χ1n) is 6.86. The predicted molar refractivity (Wildman–Crippen MR) is 75.3 cm³/mol. The maximum atomic E-state index is 11.4. The topological polar surface area (TPSA) is 49.3 Å². The molecule has 3 nitrogen and oxygen atoms in total. The Morgan fingerprint density at radius 1 is 1.42 bits per heavy atom. The minimum atomic E-state index is -0.522. The molecular formula is C15H18ClNO2. The molecule has 0 bridgehead atoms. The molecule has 0 saturated heterocycles. The minimum absolute atomic E-state index is 0.00746. The SMILES string of the molecule is CC1CCCC1C(O)c1cc2c(cc1Cl)NC(=O)C2. The van der Waals surface area contributed by atoms with E-state index in [0.717, 1.165) is 23.2 Å². The summed E-state index contributed by atoms with van der Waals surface area (Å²) in [6, 6.07) is 3.66. The van der Waals surface area contributed by atoms with Crippen LogP contribution < -0.4 is 5.32 Å². The summed E-state index contributed by atoms with van der Waals surface area (Å²) in [4.78, 5) is 11.4. The molecular weight excluding hydrogens is 262 g/mol. The van der Waals surface area contributed by atoms with E-state index in [2.05, 4.69) is 12.2 Å². The number of amides is 1. The van der Waals surface area contributed by atoms with Crippen molar-refractivity contribution in [2.45, 2.75) is 38.7 Å². The zero-order valence-electron chi connectivity index (χ0n) is 10.9. The van der Waals surface area contributed by atoms with Crippen molar-refractivity contribution in [2.24, 2.45) is 11.8 Å². The molecule has 1 heterocycles. The third-order valence-corrected chi connectivity index (χ3v) is 4.83. The number of aliphatic hydroxyl groups is 1. The summed E-state index contributed by atoms with van der Waals surface area (Å²) in [5.41, 5.74) is 2.50. The van der Waals surface area contributed by atoms with Gasteiger partial charge in [0.05, 0.1) is 12.5 Å². The maximum Gasteiger partial charge on any atom is 0.228 e. The quantitative estimate of drug-likeness (QED) is 0.873. The number of aliphatic hydroxyl groups excluding tert-OH is 1. The highest BCUT2D eigenvalue weighted by molar-refractivity contribution is 6.32. The van der Waals surface area contributed by atoms with Gasteiger partial charge in [-0.2, -0.15) is 0 Å². The molecule has 1 aromatic carbocycles. The van der Waals surface area contributed by atoms with Gasteiger partial charge in [0.2, 0.25) is 5.91 Å². The van der Waals surface area contributed by atoms with Crippen LogP contribution in [0.2, 0.25) is 5.02 Å². The van der Waals surface area contributed by atoms with E-state index in [4.69, 9.17) is 11.6 Å². The fraction of sp³-hybridized carbons (Fsp3) is 0.533. The summed E-state index contributed by atoms with van der Waals surface area (Å²) in [6.07, 6.45) is 3.25. The maximum absolute atomic E-state index is 11.4. The summed E-state index contributed by atoms with van der Waals surface area (Å²) < 4.78 is 0. The van der Waals surface area contributed by atoms with Gasteiger partial charge in [0.1, 0.15) is 0 Å². The van der Waals surface area contributed by atoms with Crippen molar-refractivity contribution < 1.29 is 9.90 Å². The van der Waals surface area contributed by atoms with Gasteiger partial charge >= 0.3 is 0 Å². The Morgan fingerprint density at radius 2 is 2.21 bits per heavy atom. The second-order valence-corrected chi connectivity index (χ2v) is 6.18. The highest BCUT2D eigenvalue weighted by Gasteiger charge is 2.32. The zero-order chi connectivity index (χ0) is 13.6. The lowest BCUT2D eigenvalue weighted by atomic mass is 9.87. The Balaban J connectivity index is 1.93. The van der Waals surface area contributed by atoms with Crippen molar-refractivity contribution in [3.05, 3.63) is 28.3 Å². The Morgan fingerprint density at radius 3 is 2.89 bits per heavy atom. The molecule has 1 aliphatic heterocycles. The third kappa shape index (κ3) is 2.26. The van der Waals surface area contributed by atoms with E-state index in [1.807, 2.05) is 6.07 Å². The number of carbonyl (C=O) groups is 1. The van der Waals surface area contributed by atoms with Gasteiger partial charge in [0.15, 0.2) is 0 Å². The lowest BCUT2D eigenvalue weighted by Crippen LogP contribution is -2.15. The van der Waals surface area contributed by atoms with Crippen LogP contribution >= 0.6 is 11.6 Å². The molecule has 102 valence electrons. The van der Waals surface area contributed by atoms with Gasteiger partial charge < -0.3 is 10.4 Å². The van der Waals surface area contributed by atoms with Crippen LogP contribution in [-0.4, -0.2) is 11.0 Å².